The van der Waals surface area contributed by atoms with Crippen LogP contribution in [0.3, 0.4) is 0 Å². The molecule has 3 unspecified atom stereocenters. The Labute approximate surface area is 78.2 Å². The molecule has 3 atom stereocenters. The van der Waals surface area contributed by atoms with Gasteiger partial charge in [-0.2, -0.15) is 0 Å². The molecule has 2 N–H and O–H groups in total. The maximum absolute atomic E-state index is 8.82. The van der Waals surface area contributed by atoms with E-state index in [1.165, 1.54) is 12.8 Å². The van der Waals surface area contributed by atoms with E-state index in [0.29, 0.717) is 12.6 Å². The molecular weight excluding hydrogens is 170 g/mol. The smallest absolute Gasteiger partial charge is 0.159 e. The van der Waals surface area contributed by atoms with Crippen LogP contribution in [-0.4, -0.2) is 43.3 Å². The third-order valence-corrected chi connectivity index (χ3v) is 2.66. The van der Waals surface area contributed by atoms with Gasteiger partial charge in [0.2, 0.25) is 0 Å². The van der Waals surface area contributed by atoms with E-state index in [0.717, 1.165) is 13.0 Å². The maximum Gasteiger partial charge on any atom is 0.159 e. The highest BCUT2D eigenvalue weighted by Crippen LogP contribution is 2.19. The Morgan fingerprint density at radius 1 is 1.46 bits per heavy atom. The molecule has 0 amide bonds. The molecule has 2 aliphatic heterocycles. The van der Waals surface area contributed by atoms with Gasteiger partial charge in [0.15, 0.2) is 6.29 Å². The Bertz CT molecular complexity index is 159. The Hall–Kier alpha value is -0.160. The quantitative estimate of drug-likeness (QED) is 0.646. The van der Waals surface area contributed by atoms with Crippen molar-refractivity contribution >= 4 is 0 Å². The van der Waals surface area contributed by atoms with Gasteiger partial charge in [-0.05, 0) is 19.4 Å². The lowest BCUT2D eigenvalue weighted by Gasteiger charge is -2.15. The Balaban J connectivity index is 1.70. The number of ether oxygens (including phenoxy) is 2. The standard InChI is InChI=1S/C9H17NO3/c11-5-8-6-12-9(13-8)4-7-2-1-3-10-7/h7-11H,1-6H2. The predicted octanol–water partition coefficient (Wildman–Crippen LogP) is -0.138. The van der Waals surface area contributed by atoms with Gasteiger partial charge >= 0.3 is 0 Å². The van der Waals surface area contributed by atoms with E-state index >= 15 is 0 Å². The Kier molecular flexibility index (Phi) is 3.16. The fourth-order valence-corrected chi connectivity index (χ4v) is 1.92. The molecule has 2 aliphatic rings. The first-order chi connectivity index (χ1) is 6.38. The summed E-state index contributed by atoms with van der Waals surface area (Å²) in [7, 11) is 0. The van der Waals surface area contributed by atoms with Crippen LogP contribution in [0.1, 0.15) is 19.3 Å². The van der Waals surface area contributed by atoms with Gasteiger partial charge < -0.3 is 19.9 Å². The molecule has 2 saturated heterocycles. The molecule has 4 nitrogen and oxygen atoms in total. The van der Waals surface area contributed by atoms with Gasteiger partial charge in [-0.1, -0.05) is 0 Å². The second-order valence-electron chi connectivity index (χ2n) is 3.73. The molecule has 0 aromatic carbocycles. The lowest BCUT2D eigenvalue weighted by atomic mass is 10.1. The largest absolute Gasteiger partial charge is 0.394 e. The van der Waals surface area contributed by atoms with Gasteiger partial charge in [-0.15, -0.1) is 0 Å². The molecule has 0 aromatic rings. The summed E-state index contributed by atoms with van der Waals surface area (Å²) in [6.07, 6.45) is 3.17. The lowest BCUT2D eigenvalue weighted by molar-refractivity contribution is -0.0732. The van der Waals surface area contributed by atoms with Crippen LogP contribution in [0.4, 0.5) is 0 Å². The molecule has 76 valence electrons. The average molecular weight is 187 g/mol. The molecule has 0 bridgehead atoms. The second kappa shape index (κ2) is 4.37. The highest BCUT2D eigenvalue weighted by Gasteiger charge is 2.28. The molecule has 0 radical (unpaired) electrons. The van der Waals surface area contributed by atoms with E-state index in [2.05, 4.69) is 5.32 Å². The number of nitrogens with one attached hydrogen (secondary N) is 1. The zero-order chi connectivity index (χ0) is 9.10. The fraction of sp³-hybridized carbons (Fsp3) is 1.00. The molecule has 2 rings (SSSR count). The minimum absolute atomic E-state index is 0.0641. The van der Waals surface area contributed by atoms with Crippen LogP contribution in [0, 0.1) is 0 Å². The van der Waals surface area contributed by atoms with E-state index in [4.69, 9.17) is 14.6 Å². The van der Waals surface area contributed by atoms with Crippen LogP contribution in [0.2, 0.25) is 0 Å². The first-order valence-corrected chi connectivity index (χ1v) is 5.00. The van der Waals surface area contributed by atoms with Crippen LogP contribution < -0.4 is 5.32 Å². The molecule has 4 heteroatoms. The summed E-state index contributed by atoms with van der Waals surface area (Å²) in [6.45, 7) is 1.71. The van der Waals surface area contributed by atoms with Crippen molar-refractivity contribution in [1.29, 1.82) is 0 Å². The van der Waals surface area contributed by atoms with Gasteiger partial charge in [0.25, 0.3) is 0 Å². The first-order valence-electron chi connectivity index (χ1n) is 5.00. The number of aliphatic hydroxyl groups is 1. The molecule has 2 heterocycles. The summed E-state index contributed by atoms with van der Waals surface area (Å²) in [5.41, 5.74) is 0. The van der Waals surface area contributed by atoms with Crippen molar-refractivity contribution in [1.82, 2.24) is 5.32 Å². The summed E-state index contributed by atoms with van der Waals surface area (Å²) < 4.78 is 10.9. The molecule has 0 aliphatic carbocycles. The van der Waals surface area contributed by atoms with Crippen LogP contribution in [-0.2, 0) is 9.47 Å². The Morgan fingerprint density at radius 3 is 3.00 bits per heavy atom. The minimum Gasteiger partial charge on any atom is -0.394 e. The summed E-state index contributed by atoms with van der Waals surface area (Å²) >= 11 is 0. The van der Waals surface area contributed by atoms with E-state index in [1.54, 1.807) is 0 Å². The highest BCUT2D eigenvalue weighted by atomic mass is 16.7. The van der Waals surface area contributed by atoms with E-state index in [-0.39, 0.29) is 19.0 Å². The summed E-state index contributed by atoms with van der Waals surface area (Å²) in [5.74, 6) is 0. The topological polar surface area (TPSA) is 50.7 Å². The Morgan fingerprint density at radius 2 is 2.38 bits per heavy atom. The highest BCUT2D eigenvalue weighted by molar-refractivity contribution is 4.77. The van der Waals surface area contributed by atoms with Crippen LogP contribution >= 0.6 is 0 Å². The van der Waals surface area contributed by atoms with Crippen molar-refractivity contribution in [3.05, 3.63) is 0 Å². The van der Waals surface area contributed by atoms with Crippen LogP contribution in [0.5, 0.6) is 0 Å². The van der Waals surface area contributed by atoms with E-state index < -0.39 is 0 Å². The summed E-state index contributed by atoms with van der Waals surface area (Å²) in [6, 6.07) is 0.544. The zero-order valence-electron chi connectivity index (χ0n) is 7.74. The number of hydrogen-bond donors (Lipinski definition) is 2. The fourth-order valence-electron chi connectivity index (χ4n) is 1.92. The van der Waals surface area contributed by atoms with E-state index in [1.807, 2.05) is 0 Å². The molecule has 0 saturated carbocycles. The van der Waals surface area contributed by atoms with Crippen molar-refractivity contribution in [3.8, 4) is 0 Å². The van der Waals surface area contributed by atoms with Crippen molar-refractivity contribution < 1.29 is 14.6 Å². The number of hydrogen-bond acceptors (Lipinski definition) is 4. The molecular formula is C9H17NO3. The van der Waals surface area contributed by atoms with Crippen molar-refractivity contribution in [2.75, 3.05) is 19.8 Å². The lowest BCUT2D eigenvalue weighted by Crippen LogP contribution is -2.27. The molecule has 13 heavy (non-hydrogen) atoms. The summed E-state index contributed by atoms with van der Waals surface area (Å²) in [4.78, 5) is 0. The third-order valence-electron chi connectivity index (χ3n) is 2.66. The second-order valence-corrected chi connectivity index (χ2v) is 3.73. The average Bonchev–Trinajstić information content (AvgIpc) is 2.76. The van der Waals surface area contributed by atoms with Crippen molar-refractivity contribution in [3.63, 3.8) is 0 Å². The SMILES string of the molecule is OCC1COC(CC2CCCN2)O1. The van der Waals surface area contributed by atoms with E-state index in [9.17, 15) is 0 Å². The molecule has 2 fully saturated rings. The van der Waals surface area contributed by atoms with Gasteiger partial charge in [0.1, 0.15) is 6.10 Å². The molecule has 0 spiro atoms. The summed E-state index contributed by atoms with van der Waals surface area (Å²) in [5, 5.41) is 12.2. The predicted molar refractivity (Wildman–Crippen MR) is 47.3 cm³/mol. The normalized spacial score (nSPS) is 39.9. The van der Waals surface area contributed by atoms with Gasteiger partial charge in [-0.3, -0.25) is 0 Å². The van der Waals surface area contributed by atoms with Gasteiger partial charge in [0, 0.05) is 12.5 Å². The first kappa shape index (κ1) is 9.40. The van der Waals surface area contributed by atoms with Gasteiger partial charge in [-0.25, -0.2) is 0 Å². The zero-order valence-corrected chi connectivity index (χ0v) is 7.74. The van der Waals surface area contributed by atoms with Crippen LogP contribution in [0.15, 0.2) is 0 Å². The van der Waals surface area contributed by atoms with Crippen molar-refractivity contribution in [2.45, 2.75) is 37.7 Å². The number of aliphatic hydroxyl groups excluding tert-OH is 1. The minimum atomic E-state index is -0.105. The molecule has 0 aromatic heterocycles. The maximum atomic E-state index is 8.82. The van der Waals surface area contributed by atoms with Gasteiger partial charge in [0.05, 0.1) is 13.2 Å². The monoisotopic (exact) mass is 187 g/mol. The van der Waals surface area contributed by atoms with Crippen LogP contribution in [0.25, 0.3) is 0 Å². The number of rotatable bonds is 3. The third kappa shape index (κ3) is 2.40. The van der Waals surface area contributed by atoms with Crippen molar-refractivity contribution in [2.24, 2.45) is 0 Å².